The summed E-state index contributed by atoms with van der Waals surface area (Å²) in [6, 6.07) is 8.71. The third kappa shape index (κ3) is 3.36. The minimum atomic E-state index is -0.337. The van der Waals surface area contributed by atoms with Crippen LogP contribution < -0.4 is 10.2 Å². The highest BCUT2D eigenvalue weighted by molar-refractivity contribution is 5.95. The van der Waals surface area contributed by atoms with Crippen LogP contribution in [-0.4, -0.2) is 29.3 Å². The molecule has 0 saturated heterocycles. The minimum Gasteiger partial charge on any atom is -0.505 e. The molecule has 1 aromatic heterocycles. The Labute approximate surface area is 122 Å². The maximum atomic E-state index is 11.8. The predicted molar refractivity (Wildman–Crippen MR) is 78.7 cm³/mol. The third-order valence-electron chi connectivity index (χ3n) is 2.85. The van der Waals surface area contributed by atoms with Crippen molar-refractivity contribution in [1.29, 1.82) is 0 Å². The highest BCUT2D eigenvalue weighted by atomic mass is 16.5. The van der Waals surface area contributed by atoms with E-state index < -0.39 is 0 Å². The SMILES string of the molecule is COc1cnc(C)c(O)c1/C=N/NC(=O)c1ccccc1. The Bertz CT molecular complexity index is 669. The number of hydrogen-bond donors (Lipinski definition) is 2. The molecule has 0 aliphatic heterocycles. The van der Waals surface area contributed by atoms with Gasteiger partial charge in [0.2, 0.25) is 0 Å². The van der Waals surface area contributed by atoms with Crippen LogP contribution >= 0.6 is 0 Å². The Kier molecular flexibility index (Phi) is 4.50. The molecule has 6 heteroatoms. The number of hydrogen-bond acceptors (Lipinski definition) is 5. The molecule has 0 aliphatic rings. The second kappa shape index (κ2) is 6.51. The average molecular weight is 285 g/mol. The number of benzene rings is 1. The van der Waals surface area contributed by atoms with Gasteiger partial charge in [-0.05, 0) is 19.1 Å². The van der Waals surface area contributed by atoms with Crippen LogP contribution in [0.25, 0.3) is 0 Å². The number of carbonyl (C=O) groups is 1. The average Bonchev–Trinajstić information content (AvgIpc) is 2.52. The van der Waals surface area contributed by atoms with Crippen molar-refractivity contribution in [3.05, 3.63) is 53.3 Å². The molecule has 0 unspecified atom stereocenters. The zero-order valence-corrected chi connectivity index (χ0v) is 11.7. The molecule has 0 atom stereocenters. The number of aryl methyl sites for hydroxylation is 1. The zero-order valence-electron chi connectivity index (χ0n) is 11.7. The molecule has 6 nitrogen and oxygen atoms in total. The molecule has 0 spiro atoms. The second-order valence-corrected chi connectivity index (χ2v) is 4.24. The van der Waals surface area contributed by atoms with E-state index in [0.29, 0.717) is 22.6 Å². The molecule has 2 aromatic rings. The van der Waals surface area contributed by atoms with Gasteiger partial charge in [0.15, 0.2) is 0 Å². The number of nitrogens with zero attached hydrogens (tertiary/aromatic N) is 2. The Morgan fingerprint density at radius 3 is 2.76 bits per heavy atom. The summed E-state index contributed by atoms with van der Waals surface area (Å²) in [5, 5.41) is 13.8. The van der Waals surface area contributed by atoms with Crippen molar-refractivity contribution in [3.63, 3.8) is 0 Å². The lowest BCUT2D eigenvalue weighted by Gasteiger charge is -2.07. The maximum Gasteiger partial charge on any atom is 0.271 e. The lowest BCUT2D eigenvalue weighted by Crippen LogP contribution is -2.17. The number of carbonyl (C=O) groups excluding carboxylic acids is 1. The van der Waals surface area contributed by atoms with Crippen LogP contribution in [0, 0.1) is 6.92 Å². The molecule has 1 heterocycles. The summed E-state index contributed by atoms with van der Waals surface area (Å²) in [7, 11) is 1.46. The molecular formula is C15H15N3O3. The lowest BCUT2D eigenvalue weighted by molar-refractivity contribution is 0.0955. The van der Waals surface area contributed by atoms with Crippen molar-refractivity contribution in [1.82, 2.24) is 10.4 Å². The fourth-order valence-electron chi connectivity index (χ4n) is 1.69. The lowest BCUT2D eigenvalue weighted by atomic mass is 10.2. The standard InChI is InChI=1S/C15H15N3O3/c1-10-14(19)12(13(21-2)9-16-10)8-17-18-15(20)11-6-4-3-5-7-11/h3-9,19H,1-2H3,(H,18,20)/b17-8+. The summed E-state index contributed by atoms with van der Waals surface area (Å²) in [6.07, 6.45) is 2.80. The fraction of sp³-hybridized carbons (Fsp3) is 0.133. The fourth-order valence-corrected chi connectivity index (χ4v) is 1.69. The van der Waals surface area contributed by atoms with Crippen LogP contribution in [0.1, 0.15) is 21.6 Å². The number of rotatable bonds is 4. The van der Waals surface area contributed by atoms with Crippen LogP contribution in [-0.2, 0) is 0 Å². The van der Waals surface area contributed by atoms with Crippen LogP contribution in [0.4, 0.5) is 0 Å². The summed E-state index contributed by atoms with van der Waals surface area (Å²) in [5.41, 5.74) is 3.70. The Morgan fingerprint density at radius 1 is 1.38 bits per heavy atom. The molecule has 21 heavy (non-hydrogen) atoms. The molecule has 108 valence electrons. The smallest absolute Gasteiger partial charge is 0.271 e. The largest absolute Gasteiger partial charge is 0.505 e. The van der Waals surface area contributed by atoms with E-state index in [1.165, 1.54) is 19.5 Å². The van der Waals surface area contributed by atoms with E-state index in [1.807, 2.05) is 6.07 Å². The first-order chi connectivity index (χ1) is 10.1. The molecular weight excluding hydrogens is 270 g/mol. The normalized spacial score (nSPS) is 10.6. The van der Waals surface area contributed by atoms with E-state index in [0.717, 1.165) is 0 Å². The summed E-state index contributed by atoms with van der Waals surface area (Å²) in [5.74, 6) is -0.000968. The number of hydrazone groups is 1. The second-order valence-electron chi connectivity index (χ2n) is 4.24. The van der Waals surface area contributed by atoms with Crippen LogP contribution in [0.5, 0.6) is 11.5 Å². The minimum absolute atomic E-state index is 0.0351. The van der Waals surface area contributed by atoms with Gasteiger partial charge in [-0.2, -0.15) is 5.10 Å². The van der Waals surface area contributed by atoms with Gasteiger partial charge < -0.3 is 9.84 Å². The van der Waals surface area contributed by atoms with Crippen molar-refractivity contribution in [2.75, 3.05) is 7.11 Å². The molecule has 0 radical (unpaired) electrons. The van der Waals surface area contributed by atoms with Crippen LogP contribution in [0.15, 0.2) is 41.6 Å². The number of aromatic hydroxyl groups is 1. The molecule has 0 aliphatic carbocycles. The quantitative estimate of drug-likeness (QED) is 0.663. The van der Waals surface area contributed by atoms with Crippen molar-refractivity contribution in [2.45, 2.75) is 6.92 Å². The van der Waals surface area contributed by atoms with E-state index in [9.17, 15) is 9.90 Å². The van der Waals surface area contributed by atoms with Gasteiger partial charge in [0.05, 0.1) is 30.8 Å². The van der Waals surface area contributed by atoms with Crippen LogP contribution in [0.3, 0.4) is 0 Å². The highest BCUT2D eigenvalue weighted by Crippen LogP contribution is 2.26. The Hall–Kier alpha value is -2.89. The van der Waals surface area contributed by atoms with Gasteiger partial charge in [-0.3, -0.25) is 9.78 Å². The molecule has 1 aromatic carbocycles. The Morgan fingerprint density at radius 2 is 2.10 bits per heavy atom. The van der Waals surface area contributed by atoms with Crippen molar-refractivity contribution >= 4 is 12.1 Å². The zero-order chi connectivity index (χ0) is 15.2. The van der Waals surface area contributed by atoms with Gasteiger partial charge in [0.1, 0.15) is 11.5 Å². The van der Waals surface area contributed by atoms with E-state index in [1.54, 1.807) is 31.2 Å². The number of ether oxygens (including phenoxy) is 1. The van der Waals surface area contributed by atoms with Crippen molar-refractivity contribution in [2.24, 2.45) is 5.10 Å². The summed E-state index contributed by atoms with van der Waals surface area (Å²) >= 11 is 0. The van der Waals surface area contributed by atoms with E-state index >= 15 is 0 Å². The van der Waals surface area contributed by atoms with Crippen molar-refractivity contribution in [3.8, 4) is 11.5 Å². The maximum absolute atomic E-state index is 11.8. The molecule has 0 saturated carbocycles. The van der Waals surface area contributed by atoms with Gasteiger partial charge in [0, 0.05) is 5.56 Å². The number of methoxy groups -OCH3 is 1. The summed E-state index contributed by atoms with van der Waals surface area (Å²) < 4.78 is 5.10. The van der Waals surface area contributed by atoms with Gasteiger partial charge in [-0.25, -0.2) is 5.43 Å². The highest BCUT2D eigenvalue weighted by Gasteiger charge is 2.10. The summed E-state index contributed by atoms with van der Waals surface area (Å²) in [4.78, 5) is 15.8. The van der Waals surface area contributed by atoms with Crippen molar-refractivity contribution < 1.29 is 14.6 Å². The van der Waals surface area contributed by atoms with Gasteiger partial charge in [-0.1, -0.05) is 18.2 Å². The Balaban J connectivity index is 2.15. The van der Waals surface area contributed by atoms with Crippen LogP contribution in [0.2, 0.25) is 0 Å². The number of pyridine rings is 1. The topological polar surface area (TPSA) is 83.8 Å². The van der Waals surface area contributed by atoms with Gasteiger partial charge >= 0.3 is 0 Å². The monoisotopic (exact) mass is 285 g/mol. The molecule has 2 N–H and O–H groups in total. The first-order valence-electron chi connectivity index (χ1n) is 6.24. The predicted octanol–water partition coefficient (Wildman–Crippen LogP) is 1.87. The van der Waals surface area contributed by atoms with Gasteiger partial charge in [0.25, 0.3) is 5.91 Å². The molecule has 2 rings (SSSR count). The third-order valence-corrected chi connectivity index (χ3v) is 2.85. The number of nitrogens with one attached hydrogen (secondary N) is 1. The number of aromatic nitrogens is 1. The first kappa shape index (κ1) is 14.5. The first-order valence-corrected chi connectivity index (χ1v) is 6.24. The van der Waals surface area contributed by atoms with E-state index in [2.05, 4.69) is 15.5 Å². The molecule has 0 fully saturated rings. The van der Waals surface area contributed by atoms with Gasteiger partial charge in [-0.15, -0.1) is 0 Å². The molecule has 1 amide bonds. The summed E-state index contributed by atoms with van der Waals surface area (Å²) in [6.45, 7) is 1.66. The molecule has 0 bridgehead atoms. The number of amides is 1. The van der Waals surface area contributed by atoms with E-state index in [-0.39, 0.29) is 11.7 Å². The van der Waals surface area contributed by atoms with E-state index in [4.69, 9.17) is 4.74 Å².